The van der Waals surface area contributed by atoms with Gasteiger partial charge in [-0.05, 0) is 19.3 Å². The van der Waals surface area contributed by atoms with Crippen LogP contribution in [0.5, 0.6) is 0 Å². The monoisotopic (exact) mass is 277 g/mol. The van der Waals surface area contributed by atoms with E-state index in [1.165, 1.54) is 0 Å². The van der Waals surface area contributed by atoms with Crippen molar-refractivity contribution in [2.24, 2.45) is 0 Å². The van der Waals surface area contributed by atoms with Gasteiger partial charge >= 0.3 is 6.09 Å². The van der Waals surface area contributed by atoms with E-state index in [-0.39, 0.29) is 12.6 Å². The number of amides is 1. The molecule has 0 radical (unpaired) electrons. The maximum atomic E-state index is 11.5. The number of carbonyl (C=O) groups excluding carboxylic acids is 1. The minimum absolute atomic E-state index is 0.119. The first-order chi connectivity index (χ1) is 8.52. The summed E-state index contributed by atoms with van der Waals surface area (Å²) in [6.07, 6.45) is 2.05. The van der Waals surface area contributed by atoms with E-state index in [1.807, 2.05) is 6.92 Å². The van der Waals surface area contributed by atoms with Crippen molar-refractivity contribution in [3.8, 4) is 0 Å². The van der Waals surface area contributed by atoms with Gasteiger partial charge in [-0.1, -0.05) is 6.92 Å². The SMILES string of the molecule is CCCNS(=O)(=O)NCC1CN(C2CC2)C(=O)O1. The molecule has 0 aromatic rings. The molecule has 2 rings (SSSR count). The Morgan fingerprint density at radius 2 is 2.11 bits per heavy atom. The van der Waals surface area contributed by atoms with Crippen molar-refractivity contribution in [2.45, 2.75) is 38.3 Å². The second-order valence-corrected chi connectivity index (χ2v) is 6.22. The molecule has 1 atom stereocenters. The molecule has 1 saturated carbocycles. The Morgan fingerprint density at radius 1 is 1.39 bits per heavy atom. The van der Waals surface area contributed by atoms with Gasteiger partial charge in [0.2, 0.25) is 0 Å². The zero-order valence-electron chi connectivity index (χ0n) is 10.4. The van der Waals surface area contributed by atoms with E-state index >= 15 is 0 Å². The van der Waals surface area contributed by atoms with Gasteiger partial charge in [-0.25, -0.2) is 9.52 Å². The number of nitrogens with one attached hydrogen (secondary N) is 2. The molecule has 1 aliphatic heterocycles. The number of ether oxygens (including phenoxy) is 1. The van der Waals surface area contributed by atoms with E-state index in [9.17, 15) is 13.2 Å². The fourth-order valence-corrected chi connectivity index (χ4v) is 2.80. The highest BCUT2D eigenvalue weighted by atomic mass is 32.2. The number of carbonyl (C=O) groups is 1. The second-order valence-electron chi connectivity index (χ2n) is 4.64. The molecule has 0 aromatic heterocycles. The Kier molecular flexibility index (Phi) is 4.08. The largest absolute Gasteiger partial charge is 0.443 e. The van der Waals surface area contributed by atoms with Gasteiger partial charge in [0, 0.05) is 12.6 Å². The first-order valence-electron chi connectivity index (χ1n) is 6.23. The number of hydrogen-bond acceptors (Lipinski definition) is 4. The highest BCUT2D eigenvalue weighted by Gasteiger charge is 2.41. The lowest BCUT2D eigenvalue weighted by Gasteiger charge is -2.12. The highest BCUT2D eigenvalue weighted by molar-refractivity contribution is 7.87. The van der Waals surface area contributed by atoms with E-state index in [0.717, 1.165) is 19.3 Å². The van der Waals surface area contributed by atoms with Crippen molar-refractivity contribution < 1.29 is 17.9 Å². The molecule has 18 heavy (non-hydrogen) atoms. The van der Waals surface area contributed by atoms with Crippen molar-refractivity contribution in [3.63, 3.8) is 0 Å². The van der Waals surface area contributed by atoms with Crippen molar-refractivity contribution >= 4 is 16.3 Å². The van der Waals surface area contributed by atoms with E-state index in [1.54, 1.807) is 4.90 Å². The molecule has 1 amide bonds. The van der Waals surface area contributed by atoms with Gasteiger partial charge in [0.1, 0.15) is 6.10 Å². The van der Waals surface area contributed by atoms with Crippen molar-refractivity contribution in [1.82, 2.24) is 14.3 Å². The molecule has 0 spiro atoms. The molecule has 1 unspecified atom stereocenters. The fourth-order valence-electron chi connectivity index (χ4n) is 1.82. The van der Waals surface area contributed by atoms with Gasteiger partial charge in [-0.15, -0.1) is 0 Å². The predicted molar refractivity (Wildman–Crippen MR) is 65.2 cm³/mol. The molecule has 0 aromatic carbocycles. The third-order valence-corrected chi connectivity index (χ3v) is 4.06. The Bertz CT molecular complexity index is 407. The topological polar surface area (TPSA) is 87.7 Å². The smallest absolute Gasteiger partial charge is 0.410 e. The predicted octanol–water partition coefficient (Wildman–Crippen LogP) is -0.196. The molecule has 1 heterocycles. The van der Waals surface area contributed by atoms with Gasteiger partial charge in [0.05, 0.1) is 13.1 Å². The lowest BCUT2D eigenvalue weighted by Crippen LogP contribution is -2.41. The molecule has 7 nitrogen and oxygen atoms in total. The van der Waals surface area contributed by atoms with Crippen LogP contribution in [-0.2, 0) is 14.9 Å². The maximum absolute atomic E-state index is 11.5. The average molecular weight is 277 g/mol. The molecule has 2 aliphatic rings. The summed E-state index contributed by atoms with van der Waals surface area (Å²) in [5.41, 5.74) is 0. The first-order valence-corrected chi connectivity index (χ1v) is 7.71. The summed E-state index contributed by atoms with van der Waals surface area (Å²) in [6, 6.07) is 0.303. The Morgan fingerprint density at radius 3 is 2.72 bits per heavy atom. The zero-order valence-corrected chi connectivity index (χ0v) is 11.2. The Labute approximate surface area is 107 Å². The quantitative estimate of drug-likeness (QED) is 0.675. The molecular weight excluding hydrogens is 258 g/mol. The second kappa shape index (κ2) is 5.41. The van der Waals surface area contributed by atoms with E-state index in [4.69, 9.17) is 4.74 Å². The van der Waals surface area contributed by atoms with Crippen molar-refractivity contribution in [1.29, 1.82) is 0 Å². The first kappa shape index (κ1) is 13.6. The van der Waals surface area contributed by atoms with Crippen LogP contribution >= 0.6 is 0 Å². The van der Waals surface area contributed by atoms with Crippen LogP contribution in [0.15, 0.2) is 0 Å². The molecule has 1 saturated heterocycles. The third kappa shape index (κ3) is 3.56. The molecule has 2 fully saturated rings. The van der Waals surface area contributed by atoms with Crippen LogP contribution in [0, 0.1) is 0 Å². The van der Waals surface area contributed by atoms with E-state index < -0.39 is 16.3 Å². The molecular formula is C10H19N3O4S. The molecule has 0 bridgehead atoms. The Hall–Kier alpha value is -0.860. The summed E-state index contributed by atoms with van der Waals surface area (Å²) < 4.78 is 32.9. The number of nitrogens with zero attached hydrogens (tertiary/aromatic N) is 1. The number of cyclic esters (lactones) is 1. The zero-order chi connectivity index (χ0) is 13.2. The third-order valence-electron chi connectivity index (χ3n) is 2.93. The summed E-state index contributed by atoms with van der Waals surface area (Å²) in [5, 5.41) is 0. The lowest BCUT2D eigenvalue weighted by molar-refractivity contribution is 0.133. The van der Waals surface area contributed by atoms with E-state index in [2.05, 4.69) is 9.44 Å². The summed E-state index contributed by atoms with van der Waals surface area (Å²) in [5.74, 6) is 0. The molecule has 2 N–H and O–H groups in total. The summed E-state index contributed by atoms with van der Waals surface area (Å²) in [6.45, 7) is 2.87. The normalized spacial score (nSPS) is 24.4. The van der Waals surface area contributed by atoms with Gasteiger partial charge < -0.3 is 9.64 Å². The van der Waals surface area contributed by atoms with Gasteiger partial charge in [0.15, 0.2) is 0 Å². The minimum Gasteiger partial charge on any atom is -0.443 e. The Balaban J connectivity index is 1.76. The molecule has 1 aliphatic carbocycles. The van der Waals surface area contributed by atoms with Crippen LogP contribution < -0.4 is 9.44 Å². The number of rotatable bonds is 7. The van der Waals surface area contributed by atoms with Crippen LogP contribution in [0.1, 0.15) is 26.2 Å². The average Bonchev–Trinajstić information content (AvgIpc) is 3.09. The van der Waals surface area contributed by atoms with Crippen LogP contribution in [0.4, 0.5) is 4.79 Å². The summed E-state index contributed by atoms with van der Waals surface area (Å²) >= 11 is 0. The minimum atomic E-state index is -3.48. The van der Waals surface area contributed by atoms with Gasteiger partial charge in [-0.3, -0.25) is 0 Å². The standard InChI is InChI=1S/C10H19N3O4S/c1-2-5-11-18(15,16)12-6-9-7-13(8-3-4-8)10(14)17-9/h8-9,11-12H,2-7H2,1H3. The summed E-state index contributed by atoms with van der Waals surface area (Å²) in [4.78, 5) is 13.2. The van der Waals surface area contributed by atoms with Crippen LogP contribution in [0.25, 0.3) is 0 Å². The van der Waals surface area contributed by atoms with Crippen molar-refractivity contribution in [3.05, 3.63) is 0 Å². The van der Waals surface area contributed by atoms with Crippen LogP contribution in [-0.4, -0.2) is 51.2 Å². The highest BCUT2D eigenvalue weighted by Crippen LogP contribution is 2.30. The van der Waals surface area contributed by atoms with Crippen molar-refractivity contribution in [2.75, 3.05) is 19.6 Å². The van der Waals surface area contributed by atoms with Gasteiger partial charge in [0.25, 0.3) is 10.2 Å². The molecule has 8 heteroatoms. The molecule has 104 valence electrons. The number of hydrogen-bond donors (Lipinski definition) is 2. The summed E-state index contributed by atoms with van der Waals surface area (Å²) in [7, 11) is -3.48. The van der Waals surface area contributed by atoms with Gasteiger partial charge in [-0.2, -0.15) is 13.1 Å². The lowest BCUT2D eigenvalue weighted by atomic mass is 10.3. The van der Waals surface area contributed by atoms with E-state index in [0.29, 0.717) is 19.1 Å². The maximum Gasteiger partial charge on any atom is 0.410 e. The van der Waals surface area contributed by atoms with Crippen LogP contribution in [0.2, 0.25) is 0 Å². The van der Waals surface area contributed by atoms with Crippen LogP contribution in [0.3, 0.4) is 0 Å². The fraction of sp³-hybridized carbons (Fsp3) is 0.900.